The lowest BCUT2D eigenvalue weighted by molar-refractivity contribution is 0.251. The highest BCUT2D eigenvalue weighted by molar-refractivity contribution is 7.91. The number of ether oxygens (including phenoxy) is 1. The van der Waals surface area contributed by atoms with Crippen molar-refractivity contribution in [2.24, 2.45) is 0 Å². The van der Waals surface area contributed by atoms with E-state index < -0.39 is 9.84 Å². The molecule has 28 heavy (non-hydrogen) atoms. The molecule has 2 aromatic rings. The van der Waals surface area contributed by atoms with Crippen LogP contribution in [0.5, 0.6) is 5.75 Å². The van der Waals surface area contributed by atoms with E-state index in [9.17, 15) is 13.2 Å². The lowest BCUT2D eigenvalue weighted by Crippen LogP contribution is -2.30. The summed E-state index contributed by atoms with van der Waals surface area (Å²) >= 11 is 0. The first-order chi connectivity index (χ1) is 13.4. The van der Waals surface area contributed by atoms with E-state index in [1.54, 1.807) is 11.8 Å². The highest BCUT2D eigenvalue weighted by atomic mass is 32.2. The van der Waals surface area contributed by atoms with Gasteiger partial charge in [-0.1, -0.05) is 12.1 Å². The Labute approximate surface area is 164 Å². The van der Waals surface area contributed by atoms with Gasteiger partial charge in [-0.3, -0.25) is 5.32 Å². The maximum absolute atomic E-state index is 12.4. The summed E-state index contributed by atoms with van der Waals surface area (Å²) in [6.07, 6.45) is 2.69. The van der Waals surface area contributed by atoms with Gasteiger partial charge in [0.25, 0.3) is 0 Å². The van der Waals surface area contributed by atoms with Crippen molar-refractivity contribution in [2.75, 3.05) is 23.9 Å². The minimum absolute atomic E-state index is 0.0683. The number of sulfone groups is 1. The fourth-order valence-corrected chi connectivity index (χ4v) is 5.15. The average Bonchev–Trinajstić information content (AvgIpc) is 3.35. The topological polar surface area (TPSA) is 102 Å². The molecule has 2 heterocycles. The number of benzene rings is 1. The molecule has 2 amide bonds. The smallest absolute Gasteiger partial charge is 0.320 e. The van der Waals surface area contributed by atoms with Crippen LogP contribution < -0.4 is 15.4 Å². The first kappa shape index (κ1) is 18.8. The zero-order chi connectivity index (χ0) is 19.7. The fraction of sp³-hybridized carbons (Fsp3) is 0.474. The summed E-state index contributed by atoms with van der Waals surface area (Å²) in [6.45, 7) is 0.352. The number of nitrogens with zero attached hydrogens (tertiary/aromatic N) is 2. The Kier molecular flexibility index (Phi) is 5.01. The van der Waals surface area contributed by atoms with Crippen LogP contribution in [0.4, 0.5) is 10.6 Å². The number of methoxy groups -OCH3 is 1. The zero-order valence-corrected chi connectivity index (χ0v) is 16.5. The van der Waals surface area contributed by atoms with E-state index in [1.165, 1.54) is 0 Å². The first-order valence-electron chi connectivity index (χ1n) is 9.41. The third-order valence-corrected chi connectivity index (χ3v) is 6.88. The van der Waals surface area contributed by atoms with Crippen LogP contribution in [0.15, 0.2) is 30.3 Å². The molecule has 1 atom stereocenters. The van der Waals surface area contributed by atoms with Gasteiger partial charge < -0.3 is 10.1 Å². The molecule has 0 spiro atoms. The molecule has 1 unspecified atom stereocenters. The number of carbonyl (C=O) groups is 1. The summed E-state index contributed by atoms with van der Waals surface area (Å²) in [6, 6.07) is 8.76. The third-order valence-electron chi connectivity index (χ3n) is 5.13. The van der Waals surface area contributed by atoms with Crippen molar-refractivity contribution in [3.63, 3.8) is 0 Å². The van der Waals surface area contributed by atoms with E-state index >= 15 is 0 Å². The molecule has 2 N–H and O–H groups in total. The highest BCUT2D eigenvalue weighted by Gasteiger charge is 2.34. The van der Waals surface area contributed by atoms with E-state index in [-0.39, 0.29) is 23.6 Å². The molecule has 1 aromatic heterocycles. The van der Waals surface area contributed by atoms with Gasteiger partial charge in [0.2, 0.25) is 0 Å². The second kappa shape index (κ2) is 7.46. The van der Waals surface area contributed by atoms with Crippen molar-refractivity contribution in [1.29, 1.82) is 0 Å². The van der Waals surface area contributed by atoms with Crippen LogP contribution in [0.2, 0.25) is 0 Å². The Hall–Kier alpha value is -2.55. The van der Waals surface area contributed by atoms with Crippen LogP contribution >= 0.6 is 0 Å². The molecular weight excluding hydrogens is 380 g/mol. The van der Waals surface area contributed by atoms with Crippen molar-refractivity contribution in [2.45, 2.75) is 37.8 Å². The van der Waals surface area contributed by atoms with Crippen LogP contribution in [0.1, 0.15) is 42.5 Å². The minimum Gasteiger partial charge on any atom is -0.497 e. The van der Waals surface area contributed by atoms with E-state index in [0.29, 0.717) is 24.7 Å². The quantitative estimate of drug-likeness (QED) is 0.770. The monoisotopic (exact) mass is 404 g/mol. The third kappa shape index (κ3) is 4.30. The van der Waals surface area contributed by atoms with Gasteiger partial charge in [-0.15, -0.1) is 0 Å². The summed E-state index contributed by atoms with van der Waals surface area (Å²) in [5, 5.41) is 10.3. The predicted octanol–water partition coefficient (Wildman–Crippen LogP) is 2.45. The highest BCUT2D eigenvalue weighted by Crippen LogP contribution is 2.41. The molecule has 1 aliphatic carbocycles. The number of aromatic nitrogens is 2. The van der Waals surface area contributed by atoms with Crippen molar-refractivity contribution in [3.05, 3.63) is 41.6 Å². The molecule has 9 heteroatoms. The van der Waals surface area contributed by atoms with Crippen LogP contribution in [-0.2, 0) is 16.4 Å². The molecule has 4 rings (SSSR count). The minimum atomic E-state index is -3.04. The molecule has 1 aliphatic heterocycles. The number of hydrogen-bond donors (Lipinski definition) is 2. The van der Waals surface area contributed by atoms with Gasteiger partial charge >= 0.3 is 6.03 Å². The Bertz CT molecular complexity index is 982. The van der Waals surface area contributed by atoms with Gasteiger partial charge in [-0.05, 0) is 37.0 Å². The number of amides is 2. The summed E-state index contributed by atoms with van der Waals surface area (Å²) in [7, 11) is -1.44. The van der Waals surface area contributed by atoms with Crippen LogP contribution in [0.25, 0.3) is 0 Å². The molecule has 2 fully saturated rings. The second-order valence-corrected chi connectivity index (χ2v) is 9.62. The van der Waals surface area contributed by atoms with Crippen molar-refractivity contribution in [3.8, 4) is 5.75 Å². The molecular formula is C19H24N4O4S. The Morgan fingerprint density at radius 3 is 2.79 bits per heavy atom. The molecule has 0 radical (unpaired) electrons. The number of urea groups is 1. The molecule has 150 valence electrons. The van der Waals surface area contributed by atoms with Gasteiger partial charge in [0.05, 0.1) is 30.4 Å². The number of rotatable bonds is 6. The Balaban J connectivity index is 1.45. The molecule has 1 aromatic carbocycles. The normalized spacial score (nSPS) is 20.7. The first-order valence-corrected chi connectivity index (χ1v) is 11.2. The fourth-order valence-electron chi connectivity index (χ4n) is 3.46. The number of nitrogens with one attached hydrogen (secondary N) is 2. The standard InChI is InChI=1S/C19H24N4O4S/c1-27-16-4-2-3-13(9-16)11-20-19(24)21-18-10-17(14-5-6-14)22-23(18)15-7-8-28(25,26)12-15/h2-4,9-10,14-15H,5-8,11-12H2,1H3,(H2,20,21,24). The average molecular weight is 404 g/mol. The summed E-state index contributed by atoms with van der Waals surface area (Å²) < 4.78 is 30.6. The maximum Gasteiger partial charge on any atom is 0.320 e. The zero-order valence-electron chi connectivity index (χ0n) is 15.7. The van der Waals surface area contributed by atoms with Crippen LogP contribution in [0.3, 0.4) is 0 Å². The maximum atomic E-state index is 12.4. The summed E-state index contributed by atoms with van der Waals surface area (Å²) in [4.78, 5) is 12.4. The lowest BCUT2D eigenvalue weighted by Gasteiger charge is -2.14. The van der Waals surface area contributed by atoms with Crippen LogP contribution in [-0.4, -0.2) is 42.8 Å². The number of hydrogen-bond acceptors (Lipinski definition) is 5. The molecule has 1 saturated heterocycles. The van der Waals surface area contributed by atoms with Crippen LogP contribution in [0, 0.1) is 0 Å². The van der Waals surface area contributed by atoms with Crippen molar-refractivity contribution >= 4 is 21.7 Å². The predicted molar refractivity (Wildman–Crippen MR) is 105 cm³/mol. The number of anilines is 1. The van der Waals surface area contributed by atoms with Gasteiger partial charge in [0, 0.05) is 18.5 Å². The largest absolute Gasteiger partial charge is 0.497 e. The SMILES string of the molecule is COc1cccc(CNC(=O)Nc2cc(C3CC3)nn2C2CCS(=O)(=O)C2)c1. The van der Waals surface area contributed by atoms with E-state index in [1.807, 2.05) is 30.3 Å². The molecule has 2 aliphatic rings. The van der Waals surface area contributed by atoms with Gasteiger partial charge in [0.1, 0.15) is 11.6 Å². The Morgan fingerprint density at radius 2 is 2.11 bits per heavy atom. The van der Waals surface area contributed by atoms with Gasteiger partial charge in [0.15, 0.2) is 9.84 Å². The van der Waals surface area contributed by atoms with Crippen molar-refractivity contribution < 1.29 is 17.9 Å². The second-order valence-electron chi connectivity index (χ2n) is 7.39. The van der Waals surface area contributed by atoms with E-state index in [0.717, 1.165) is 29.8 Å². The molecule has 0 bridgehead atoms. The van der Waals surface area contributed by atoms with Gasteiger partial charge in [-0.2, -0.15) is 5.10 Å². The van der Waals surface area contributed by atoms with E-state index in [4.69, 9.17) is 4.74 Å². The Morgan fingerprint density at radius 1 is 1.29 bits per heavy atom. The van der Waals surface area contributed by atoms with Gasteiger partial charge in [-0.25, -0.2) is 17.9 Å². The molecule has 1 saturated carbocycles. The molecule has 8 nitrogen and oxygen atoms in total. The van der Waals surface area contributed by atoms with Crippen molar-refractivity contribution in [1.82, 2.24) is 15.1 Å². The summed E-state index contributed by atoms with van der Waals surface area (Å²) in [5.74, 6) is 1.93. The lowest BCUT2D eigenvalue weighted by atomic mass is 10.2. The number of carbonyl (C=O) groups excluding carboxylic acids is 1. The van der Waals surface area contributed by atoms with E-state index in [2.05, 4.69) is 15.7 Å². The summed E-state index contributed by atoms with van der Waals surface area (Å²) in [5.41, 5.74) is 1.84.